The highest BCUT2D eigenvalue weighted by Gasteiger charge is 2.19. The van der Waals surface area contributed by atoms with Gasteiger partial charge in [0.2, 0.25) is 0 Å². The van der Waals surface area contributed by atoms with Gasteiger partial charge >= 0.3 is 5.97 Å². The normalized spacial score (nSPS) is 10.3. The first kappa shape index (κ1) is 11.0. The maximum atomic E-state index is 11.1. The monoisotopic (exact) mass is 299 g/mol. The van der Waals surface area contributed by atoms with Crippen LogP contribution >= 0.6 is 27.3 Å². The van der Waals surface area contributed by atoms with Crippen LogP contribution in [0.5, 0.6) is 0 Å². The average molecular weight is 300 g/mol. The number of nitrogens with zero attached hydrogens (tertiary/aromatic N) is 2. The van der Waals surface area contributed by atoms with Gasteiger partial charge < -0.3 is 10.8 Å². The quantitative estimate of drug-likeness (QED) is 0.830. The summed E-state index contributed by atoms with van der Waals surface area (Å²) in [6.07, 6.45) is 1.59. The molecule has 0 aliphatic carbocycles. The van der Waals surface area contributed by atoms with E-state index in [2.05, 4.69) is 25.9 Å². The Morgan fingerprint density at radius 1 is 1.56 bits per heavy atom. The van der Waals surface area contributed by atoms with Crippen molar-refractivity contribution < 1.29 is 9.90 Å². The summed E-state index contributed by atoms with van der Waals surface area (Å²) in [6.45, 7) is 0. The molecule has 0 atom stereocenters. The molecule has 0 amide bonds. The van der Waals surface area contributed by atoms with Gasteiger partial charge in [-0.05, 0) is 22.0 Å². The fraction of sp³-hybridized carbons (Fsp3) is 0. The zero-order valence-corrected chi connectivity index (χ0v) is 10.2. The topological polar surface area (TPSA) is 89.1 Å². The molecule has 0 bridgehead atoms. The summed E-state index contributed by atoms with van der Waals surface area (Å²) in [5.41, 5.74) is 6.09. The van der Waals surface area contributed by atoms with Gasteiger partial charge in [0.1, 0.15) is 20.9 Å². The molecular weight excluding hydrogens is 294 g/mol. The number of nitrogens with two attached hydrogens (primary N) is 1. The minimum absolute atomic E-state index is 0.0156. The molecule has 7 heteroatoms. The van der Waals surface area contributed by atoms with Gasteiger partial charge in [0.15, 0.2) is 0 Å². The molecule has 16 heavy (non-hydrogen) atoms. The van der Waals surface area contributed by atoms with Crippen molar-refractivity contribution in [2.75, 3.05) is 5.73 Å². The van der Waals surface area contributed by atoms with Crippen LogP contribution in [0.2, 0.25) is 0 Å². The molecule has 0 aliphatic rings. The minimum atomic E-state index is -1.11. The Labute approximate surface area is 103 Å². The molecule has 5 nitrogen and oxygen atoms in total. The predicted molar refractivity (Wildman–Crippen MR) is 64.4 cm³/mol. The Hall–Kier alpha value is -1.47. The van der Waals surface area contributed by atoms with E-state index in [1.54, 1.807) is 11.6 Å². The SMILES string of the molecule is Nc1cc(Br)nc(-c2nccs2)c1C(=O)O. The van der Waals surface area contributed by atoms with Gasteiger partial charge in [0, 0.05) is 11.6 Å². The molecule has 2 heterocycles. The molecular formula is C9H6BrN3O2S. The van der Waals surface area contributed by atoms with Crippen molar-refractivity contribution in [1.29, 1.82) is 0 Å². The predicted octanol–water partition coefficient (Wildman–Crippen LogP) is 2.25. The van der Waals surface area contributed by atoms with E-state index in [1.165, 1.54) is 17.4 Å². The second-order valence-electron chi connectivity index (χ2n) is 2.90. The van der Waals surface area contributed by atoms with E-state index in [4.69, 9.17) is 10.8 Å². The van der Waals surface area contributed by atoms with Crippen molar-refractivity contribution >= 4 is 38.9 Å². The lowest BCUT2D eigenvalue weighted by Crippen LogP contribution is -2.06. The van der Waals surface area contributed by atoms with Crippen LogP contribution in [-0.4, -0.2) is 21.0 Å². The van der Waals surface area contributed by atoms with Crippen LogP contribution in [-0.2, 0) is 0 Å². The zero-order valence-electron chi connectivity index (χ0n) is 7.85. The third kappa shape index (κ3) is 1.91. The lowest BCUT2D eigenvalue weighted by atomic mass is 10.1. The first-order chi connectivity index (χ1) is 7.59. The van der Waals surface area contributed by atoms with Gasteiger partial charge in [0.05, 0.1) is 5.69 Å². The van der Waals surface area contributed by atoms with Gasteiger partial charge in [-0.25, -0.2) is 14.8 Å². The van der Waals surface area contributed by atoms with Crippen molar-refractivity contribution in [2.45, 2.75) is 0 Å². The molecule has 0 fully saturated rings. The third-order valence-corrected chi connectivity index (χ3v) is 3.05. The molecule has 0 radical (unpaired) electrons. The smallest absolute Gasteiger partial charge is 0.340 e. The third-order valence-electron chi connectivity index (χ3n) is 1.87. The van der Waals surface area contributed by atoms with Crippen LogP contribution in [0.1, 0.15) is 10.4 Å². The number of aromatic nitrogens is 2. The van der Waals surface area contributed by atoms with E-state index in [0.29, 0.717) is 9.61 Å². The van der Waals surface area contributed by atoms with Gasteiger partial charge in [-0.15, -0.1) is 11.3 Å². The lowest BCUT2D eigenvalue weighted by molar-refractivity contribution is 0.0698. The largest absolute Gasteiger partial charge is 0.478 e. The fourth-order valence-corrected chi connectivity index (χ4v) is 2.31. The van der Waals surface area contributed by atoms with E-state index in [0.717, 1.165) is 0 Å². The highest BCUT2D eigenvalue weighted by Crippen LogP contribution is 2.29. The standard InChI is InChI=1S/C9H6BrN3O2S/c10-5-3-4(11)6(9(14)15)7(13-5)8-12-1-2-16-8/h1-3H,(H2,11,13)(H,14,15). The van der Waals surface area contributed by atoms with Crippen molar-refractivity contribution in [2.24, 2.45) is 0 Å². The minimum Gasteiger partial charge on any atom is -0.478 e. The number of rotatable bonds is 2. The number of thiazole rings is 1. The number of carboxylic acid groups (broad SMARTS) is 1. The summed E-state index contributed by atoms with van der Waals surface area (Å²) in [5, 5.41) is 11.4. The van der Waals surface area contributed by atoms with Crippen molar-refractivity contribution in [3.63, 3.8) is 0 Å². The maximum Gasteiger partial charge on any atom is 0.340 e. The van der Waals surface area contributed by atoms with E-state index >= 15 is 0 Å². The lowest BCUT2D eigenvalue weighted by Gasteiger charge is -2.06. The van der Waals surface area contributed by atoms with Crippen LogP contribution in [0.3, 0.4) is 0 Å². The fourth-order valence-electron chi connectivity index (χ4n) is 1.25. The molecule has 0 saturated heterocycles. The number of carbonyl (C=O) groups is 1. The van der Waals surface area contributed by atoms with Gasteiger partial charge in [-0.3, -0.25) is 0 Å². The molecule has 0 unspecified atom stereocenters. The van der Waals surface area contributed by atoms with E-state index in [-0.39, 0.29) is 16.9 Å². The highest BCUT2D eigenvalue weighted by molar-refractivity contribution is 9.10. The summed E-state index contributed by atoms with van der Waals surface area (Å²) < 4.78 is 0.486. The van der Waals surface area contributed by atoms with E-state index < -0.39 is 5.97 Å². The zero-order chi connectivity index (χ0) is 11.7. The summed E-state index contributed by atoms with van der Waals surface area (Å²) in [7, 11) is 0. The first-order valence-electron chi connectivity index (χ1n) is 4.18. The van der Waals surface area contributed by atoms with Crippen molar-refractivity contribution in [3.05, 3.63) is 27.8 Å². The Bertz CT molecular complexity index is 542. The van der Waals surface area contributed by atoms with Gasteiger partial charge in [-0.2, -0.15) is 0 Å². The van der Waals surface area contributed by atoms with Crippen LogP contribution < -0.4 is 5.73 Å². The summed E-state index contributed by atoms with van der Waals surface area (Å²) >= 11 is 4.49. The molecule has 2 aromatic heterocycles. The second kappa shape index (κ2) is 4.18. The maximum absolute atomic E-state index is 11.1. The number of hydrogen-bond donors (Lipinski definition) is 2. The van der Waals surface area contributed by atoms with E-state index in [1.807, 2.05) is 0 Å². The molecule has 2 rings (SSSR count). The van der Waals surface area contributed by atoms with E-state index in [9.17, 15) is 4.79 Å². The molecule has 0 saturated carbocycles. The molecule has 0 aliphatic heterocycles. The first-order valence-corrected chi connectivity index (χ1v) is 5.86. The van der Waals surface area contributed by atoms with Crippen LogP contribution in [0.25, 0.3) is 10.7 Å². The molecule has 82 valence electrons. The van der Waals surface area contributed by atoms with Crippen molar-refractivity contribution in [3.8, 4) is 10.7 Å². The Morgan fingerprint density at radius 3 is 2.88 bits per heavy atom. The Morgan fingerprint density at radius 2 is 2.31 bits per heavy atom. The van der Waals surface area contributed by atoms with Gasteiger partial charge in [-0.1, -0.05) is 0 Å². The Balaban J connectivity index is 2.72. The second-order valence-corrected chi connectivity index (χ2v) is 4.61. The van der Waals surface area contributed by atoms with Crippen molar-refractivity contribution in [1.82, 2.24) is 9.97 Å². The summed E-state index contributed by atoms with van der Waals surface area (Å²) in [4.78, 5) is 19.2. The number of carboxylic acids is 1. The van der Waals surface area contributed by atoms with Crippen LogP contribution in [0, 0.1) is 0 Å². The number of pyridine rings is 1. The highest BCUT2D eigenvalue weighted by atomic mass is 79.9. The number of nitrogen functional groups attached to an aromatic ring is 1. The number of anilines is 1. The average Bonchev–Trinajstić information content (AvgIpc) is 2.67. The number of aromatic carboxylic acids is 1. The molecule has 0 spiro atoms. The Kier molecular flexibility index (Phi) is 2.88. The van der Waals surface area contributed by atoms with Crippen LogP contribution in [0.4, 0.5) is 5.69 Å². The van der Waals surface area contributed by atoms with Gasteiger partial charge in [0.25, 0.3) is 0 Å². The molecule has 0 aromatic carbocycles. The summed E-state index contributed by atoms with van der Waals surface area (Å²) in [5.74, 6) is -1.11. The number of halogens is 1. The number of hydrogen-bond acceptors (Lipinski definition) is 5. The molecule has 2 aromatic rings. The van der Waals surface area contributed by atoms with Crippen LogP contribution in [0.15, 0.2) is 22.2 Å². The molecule has 3 N–H and O–H groups in total. The summed E-state index contributed by atoms with van der Waals surface area (Å²) in [6, 6.07) is 1.46.